The van der Waals surface area contributed by atoms with Gasteiger partial charge in [-0.25, -0.2) is 0 Å². The molecule has 20 heavy (non-hydrogen) atoms. The minimum Gasteiger partial charge on any atom is -0.387 e. The van der Waals surface area contributed by atoms with E-state index in [1.54, 1.807) is 18.2 Å². The molecule has 2 unspecified atom stereocenters. The van der Waals surface area contributed by atoms with E-state index in [2.05, 4.69) is 4.90 Å². The van der Waals surface area contributed by atoms with Gasteiger partial charge < -0.3 is 9.84 Å². The Hall–Kier alpha value is -0.320. The molecule has 2 atom stereocenters. The van der Waals surface area contributed by atoms with Crippen LogP contribution in [0.3, 0.4) is 0 Å². The summed E-state index contributed by atoms with van der Waals surface area (Å²) in [6, 6.07) is 5.25. The molecule has 1 spiro atoms. The molecular formula is C15H19Cl2NO2. The summed E-state index contributed by atoms with van der Waals surface area (Å²) in [6.45, 7) is 4.38. The fourth-order valence-corrected chi connectivity index (χ4v) is 3.80. The molecule has 2 saturated heterocycles. The van der Waals surface area contributed by atoms with Crippen LogP contribution < -0.4 is 0 Å². The first-order valence-electron chi connectivity index (χ1n) is 7.01. The molecule has 0 saturated carbocycles. The number of aliphatic hydroxyl groups excluding tert-OH is 1. The lowest BCUT2D eigenvalue weighted by Crippen LogP contribution is -2.30. The molecule has 3 nitrogen and oxygen atoms in total. The number of aliphatic hydroxyl groups is 1. The van der Waals surface area contributed by atoms with E-state index in [1.807, 2.05) is 0 Å². The maximum Gasteiger partial charge on any atom is 0.0931 e. The molecule has 3 rings (SSSR count). The number of ether oxygens (including phenoxy) is 1. The smallest absolute Gasteiger partial charge is 0.0931 e. The highest BCUT2D eigenvalue weighted by molar-refractivity contribution is 6.35. The largest absolute Gasteiger partial charge is 0.387 e. The van der Waals surface area contributed by atoms with Crippen molar-refractivity contribution in [2.45, 2.75) is 18.9 Å². The van der Waals surface area contributed by atoms with Gasteiger partial charge in [-0.2, -0.15) is 0 Å². The van der Waals surface area contributed by atoms with Gasteiger partial charge in [-0.3, -0.25) is 4.90 Å². The Bertz CT molecular complexity index is 489. The highest BCUT2D eigenvalue weighted by Gasteiger charge is 2.41. The van der Waals surface area contributed by atoms with Crippen LogP contribution in [0.4, 0.5) is 0 Å². The van der Waals surface area contributed by atoms with E-state index in [0.29, 0.717) is 22.0 Å². The molecule has 5 heteroatoms. The molecule has 2 fully saturated rings. The minimum atomic E-state index is -0.572. The number of rotatable bonds is 3. The van der Waals surface area contributed by atoms with E-state index in [0.717, 1.165) is 44.7 Å². The average Bonchev–Trinajstić information content (AvgIpc) is 3.00. The van der Waals surface area contributed by atoms with Gasteiger partial charge in [0.2, 0.25) is 0 Å². The maximum absolute atomic E-state index is 10.4. The van der Waals surface area contributed by atoms with Gasteiger partial charge in [-0.15, -0.1) is 0 Å². The van der Waals surface area contributed by atoms with Crippen molar-refractivity contribution < 1.29 is 9.84 Å². The lowest BCUT2D eigenvalue weighted by molar-refractivity contribution is 0.112. The van der Waals surface area contributed by atoms with Crippen molar-refractivity contribution in [3.8, 4) is 0 Å². The third-order valence-corrected chi connectivity index (χ3v) is 5.02. The van der Waals surface area contributed by atoms with Crippen LogP contribution in [0.25, 0.3) is 0 Å². The SMILES string of the molecule is OC(CN1CCC2(CCOC2)C1)c1ccc(Cl)cc1Cl. The molecule has 2 heterocycles. The van der Waals surface area contributed by atoms with Crippen LogP contribution in [-0.4, -0.2) is 42.9 Å². The monoisotopic (exact) mass is 315 g/mol. The highest BCUT2D eigenvalue weighted by Crippen LogP contribution is 2.39. The van der Waals surface area contributed by atoms with Gasteiger partial charge in [-0.05, 0) is 31.5 Å². The summed E-state index contributed by atoms with van der Waals surface area (Å²) in [5, 5.41) is 11.5. The summed E-state index contributed by atoms with van der Waals surface area (Å²) in [4.78, 5) is 2.31. The average molecular weight is 316 g/mol. The predicted molar refractivity (Wildman–Crippen MR) is 80.3 cm³/mol. The van der Waals surface area contributed by atoms with Crippen molar-refractivity contribution >= 4 is 23.2 Å². The molecular weight excluding hydrogens is 297 g/mol. The van der Waals surface area contributed by atoms with Crippen molar-refractivity contribution in [3.05, 3.63) is 33.8 Å². The first-order valence-corrected chi connectivity index (χ1v) is 7.77. The van der Waals surface area contributed by atoms with Gasteiger partial charge in [0.1, 0.15) is 0 Å². The van der Waals surface area contributed by atoms with E-state index >= 15 is 0 Å². The van der Waals surface area contributed by atoms with Crippen molar-refractivity contribution in [1.29, 1.82) is 0 Å². The van der Waals surface area contributed by atoms with E-state index in [1.165, 1.54) is 0 Å². The Morgan fingerprint density at radius 2 is 2.20 bits per heavy atom. The zero-order valence-corrected chi connectivity index (χ0v) is 12.8. The van der Waals surface area contributed by atoms with Crippen LogP contribution >= 0.6 is 23.2 Å². The summed E-state index contributed by atoms with van der Waals surface area (Å²) >= 11 is 12.0. The molecule has 0 aliphatic carbocycles. The number of hydrogen-bond donors (Lipinski definition) is 1. The van der Waals surface area contributed by atoms with Crippen LogP contribution in [0.5, 0.6) is 0 Å². The van der Waals surface area contributed by atoms with Crippen molar-refractivity contribution in [3.63, 3.8) is 0 Å². The van der Waals surface area contributed by atoms with Gasteiger partial charge in [0.05, 0.1) is 12.7 Å². The molecule has 110 valence electrons. The van der Waals surface area contributed by atoms with E-state index in [9.17, 15) is 5.11 Å². The van der Waals surface area contributed by atoms with Crippen LogP contribution in [0.15, 0.2) is 18.2 Å². The topological polar surface area (TPSA) is 32.7 Å². The number of nitrogens with zero attached hydrogens (tertiary/aromatic N) is 1. The zero-order chi connectivity index (χ0) is 14.2. The van der Waals surface area contributed by atoms with Gasteiger partial charge in [0.15, 0.2) is 0 Å². The molecule has 0 amide bonds. The molecule has 1 aromatic rings. The van der Waals surface area contributed by atoms with E-state index in [4.69, 9.17) is 27.9 Å². The van der Waals surface area contributed by atoms with E-state index in [-0.39, 0.29) is 0 Å². The lowest BCUT2D eigenvalue weighted by atomic mass is 9.87. The Balaban J connectivity index is 1.63. The molecule has 0 radical (unpaired) electrons. The highest BCUT2D eigenvalue weighted by atomic mass is 35.5. The van der Waals surface area contributed by atoms with Crippen molar-refractivity contribution in [2.75, 3.05) is 32.8 Å². The van der Waals surface area contributed by atoms with Crippen molar-refractivity contribution in [2.24, 2.45) is 5.41 Å². The second-order valence-electron chi connectivity index (χ2n) is 5.97. The van der Waals surface area contributed by atoms with Crippen LogP contribution in [0.2, 0.25) is 10.0 Å². The minimum absolute atomic E-state index is 0.323. The first-order chi connectivity index (χ1) is 9.58. The maximum atomic E-state index is 10.4. The third-order valence-electron chi connectivity index (χ3n) is 4.45. The zero-order valence-electron chi connectivity index (χ0n) is 11.3. The summed E-state index contributed by atoms with van der Waals surface area (Å²) in [7, 11) is 0. The third kappa shape index (κ3) is 2.97. The van der Waals surface area contributed by atoms with Crippen LogP contribution in [0.1, 0.15) is 24.5 Å². The number of benzene rings is 1. The molecule has 2 aliphatic heterocycles. The van der Waals surface area contributed by atoms with Crippen LogP contribution in [0, 0.1) is 5.41 Å². The number of β-amino-alcohol motifs (C(OH)–C–C–N with tert-alkyl or cyclic N) is 1. The van der Waals surface area contributed by atoms with Gasteiger partial charge >= 0.3 is 0 Å². The van der Waals surface area contributed by atoms with Crippen molar-refractivity contribution in [1.82, 2.24) is 4.90 Å². The summed E-state index contributed by atoms with van der Waals surface area (Å²) in [5.74, 6) is 0. The predicted octanol–water partition coefficient (Wildman–Crippen LogP) is 3.14. The van der Waals surface area contributed by atoms with Gasteiger partial charge in [0.25, 0.3) is 0 Å². The number of halogens is 2. The Kier molecular flexibility index (Phi) is 4.25. The quantitative estimate of drug-likeness (QED) is 0.930. The number of hydrogen-bond acceptors (Lipinski definition) is 3. The molecule has 2 aliphatic rings. The Morgan fingerprint density at radius 3 is 2.90 bits per heavy atom. The fraction of sp³-hybridized carbons (Fsp3) is 0.600. The first kappa shape index (κ1) is 14.6. The molecule has 1 aromatic carbocycles. The fourth-order valence-electron chi connectivity index (χ4n) is 3.27. The number of likely N-dealkylation sites (tertiary alicyclic amines) is 1. The molecule has 0 aromatic heterocycles. The summed E-state index contributed by atoms with van der Waals surface area (Å²) in [6.07, 6.45) is 1.73. The van der Waals surface area contributed by atoms with E-state index < -0.39 is 6.10 Å². The normalized spacial score (nSPS) is 28.4. The van der Waals surface area contributed by atoms with Gasteiger partial charge in [0, 0.05) is 40.7 Å². The second kappa shape index (κ2) is 5.82. The second-order valence-corrected chi connectivity index (χ2v) is 6.81. The van der Waals surface area contributed by atoms with Gasteiger partial charge in [-0.1, -0.05) is 29.3 Å². The Morgan fingerprint density at radius 1 is 1.35 bits per heavy atom. The lowest BCUT2D eigenvalue weighted by Gasteiger charge is -2.24. The molecule has 0 bridgehead atoms. The standard InChI is InChI=1S/C15H19Cl2NO2/c16-11-1-2-12(13(17)7-11)14(19)8-18-5-3-15(9-18)4-6-20-10-15/h1-2,7,14,19H,3-6,8-10H2. The Labute approximate surface area is 129 Å². The summed E-state index contributed by atoms with van der Waals surface area (Å²) in [5.41, 5.74) is 1.07. The van der Waals surface area contributed by atoms with Crippen LogP contribution in [-0.2, 0) is 4.74 Å². The summed E-state index contributed by atoms with van der Waals surface area (Å²) < 4.78 is 5.53. The molecule has 1 N–H and O–H groups in total.